The first-order valence-corrected chi connectivity index (χ1v) is 10.9. The molecule has 1 aliphatic rings. The first-order chi connectivity index (χ1) is 14.1. The SMILES string of the molecule is O=C(CSc1nnc(N2CCCC2)n1Cc1ccco1)Nc1cccc(Cl)c1Cl. The van der Waals surface area contributed by atoms with Crippen LogP contribution in [0.4, 0.5) is 11.6 Å². The van der Waals surface area contributed by atoms with Crippen LogP contribution in [-0.4, -0.2) is 39.5 Å². The summed E-state index contributed by atoms with van der Waals surface area (Å²) in [5.41, 5.74) is 0.486. The van der Waals surface area contributed by atoms with Crippen molar-refractivity contribution < 1.29 is 9.21 Å². The molecule has 0 atom stereocenters. The number of halogens is 2. The minimum absolute atomic E-state index is 0.166. The summed E-state index contributed by atoms with van der Waals surface area (Å²) in [4.78, 5) is 14.6. The number of carbonyl (C=O) groups excluding carboxylic acids is 1. The van der Waals surface area contributed by atoms with Gasteiger partial charge in [-0.2, -0.15) is 0 Å². The smallest absolute Gasteiger partial charge is 0.234 e. The highest BCUT2D eigenvalue weighted by molar-refractivity contribution is 7.99. The van der Waals surface area contributed by atoms with Crippen molar-refractivity contribution in [2.45, 2.75) is 24.5 Å². The standard InChI is InChI=1S/C19H19Cl2N5O2S/c20-14-6-3-7-15(17(14)21)22-16(27)12-29-19-24-23-18(25-8-1-2-9-25)26(19)11-13-5-4-10-28-13/h3-7,10H,1-2,8-9,11-12H2,(H,22,27). The van der Waals surface area contributed by atoms with Gasteiger partial charge in [0.1, 0.15) is 5.76 Å². The average molecular weight is 452 g/mol. The number of nitrogens with zero attached hydrogens (tertiary/aromatic N) is 4. The fourth-order valence-corrected chi connectivity index (χ4v) is 4.23. The lowest BCUT2D eigenvalue weighted by molar-refractivity contribution is -0.113. The Hall–Kier alpha value is -2.16. The van der Waals surface area contributed by atoms with Gasteiger partial charge in [-0.1, -0.05) is 41.0 Å². The number of hydrogen-bond donors (Lipinski definition) is 1. The third-order valence-electron chi connectivity index (χ3n) is 4.54. The summed E-state index contributed by atoms with van der Waals surface area (Å²) in [5.74, 6) is 1.58. The van der Waals surface area contributed by atoms with Crippen LogP contribution in [0.25, 0.3) is 0 Å². The lowest BCUT2D eigenvalue weighted by Gasteiger charge is -2.17. The predicted molar refractivity (Wildman–Crippen MR) is 115 cm³/mol. The second-order valence-corrected chi connectivity index (χ2v) is 8.31. The number of furan rings is 1. The lowest BCUT2D eigenvalue weighted by atomic mass is 10.3. The molecule has 152 valence electrons. The number of amides is 1. The molecule has 7 nitrogen and oxygen atoms in total. The minimum atomic E-state index is -0.200. The second-order valence-electron chi connectivity index (χ2n) is 6.58. The van der Waals surface area contributed by atoms with Crippen LogP contribution in [0.2, 0.25) is 10.0 Å². The molecule has 2 aromatic heterocycles. The largest absolute Gasteiger partial charge is 0.467 e. The summed E-state index contributed by atoms with van der Waals surface area (Å²) in [6.45, 7) is 2.42. The van der Waals surface area contributed by atoms with Crippen LogP contribution in [0.15, 0.2) is 46.2 Å². The summed E-state index contributed by atoms with van der Waals surface area (Å²) in [5, 5.41) is 12.9. The fraction of sp³-hybridized carbons (Fsp3) is 0.316. The van der Waals surface area contributed by atoms with E-state index in [9.17, 15) is 4.79 Å². The molecule has 1 saturated heterocycles. The summed E-state index contributed by atoms with van der Waals surface area (Å²) < 4.78 is 7.49. The van der Waals surface area contributed by atoms with Crippen LogP contribution >= 0.6 is 35.0 Å². The third kappa shape index (κ3) is 4.71. The maximum Gasteiger partial charge on any atom is 0.234 e. The molecule has 4 rings (SSSR count). The maximum absolute atomic E-state index is 12.4. The summed E-state index contributed by atoms with van der Waals surface area (Å²) in [6, 6.07) is 8.88. The molecule has 0 radical (unpaired) electrons. The molecule has 1 amide bonds. The molecule has 1 fully saturated rings. The summed E-state index contributed by atoms with van der Waals surface area (Å²) in [7, 11) is 0. The van der Waals surface area contributed by atoms with E-state index < -0.39 is 0 Å². The van der Waals surface area contributed by atoms with Gasteiger partial charge in [-0.05, 0) is 37.1 Å². The van der Waals surface area contributed by atoms with Crippen molar-refractivity contribution in [2.24, 2.45) is 0 Å². The summed E-state index contributed by atoms with van der Waals surface area (Å²) >= 11 is 13.5. The molecule has 1 aromatic carbocycles. The van der Waals surface area contributed by atoms with E-state index in [0.717, 1.165) is 37.6 Å². The highest BCUT2D eigenvalue weighted by Crippen LogP contribution is 2.30. The first kappa shape index (κ1) is 20.1. The van der Waals surface area contributed by atoms with E-state index in [0.29, 0.717) is 27.4 Å². The zero-order valence-corrected chi connectivity index (χ0v) is 17.8. The normalized spacial score (nSPS) is 13.8. The first-order valence-electron chi connectivity index (χ1n) is 9.19. The quantitative estimate of drug-likeness (QED) is 0.530. The number of hydrogen-bond acceptors (Lipinski definition) is 6. The number of anilines is 2. The Balaban J connectivity index is 1.47. The van der Waals surface area contributed by atoms with Crippen LogP contribution in [-0.2, 0) is 11.3 Å². The molecule has 0 bridgehead atoms. The van der Waals surface area contributed by atoms with Gasteiger partial charge in [0.25, 0.3) is 0 Å². The maximum atomic E-state index is 12.4. The molecule has 29 heavy (non-hydrogen) atoms. The Morgan fingerprint density at radius 2 is 2.00 bits per heavy atom. The van der Waals surface area contributed by atoms with Gasteiger partial charge in [-0.15, -0.1) is 10.2 Å². The molecule has 10 heteroatoms. The Bertz CT molecular complexity index is 987. The summed E-state index contributed by atoms with van der Waals surface area (Å²) in [6.07, 6.45) is 3.92. The number of rotatable bonds is 7. The van der Waals surface area contributed by atoms with Gasteiger partial charge < -0.3 is 14.6 Å². The van der Waals surface area contributed by atoms with Gasteiger partial charge >= 0.3 is 0 Å². The van der Waals surface area contributed by atoms with Crippen LogP contribution in [0, 0.1) is 0 Å². The Morgan fingerprint density at radius 1 is 1.17 bits per heavy atom. The Morgan fingerprint density at radius 3 is 2.76 bits per heavy atom. The number of nitrogens with one attached hydrogen (secondary N) is 1. The molecule has 0 spiro atoms. The second kappa shape index (κ2) is 9.11. The van der Waals surface area contributed by atoms with Crippen molar-refractivity contribution in [3.63, 3.8) is 0 Å². The fourth-order valence-electron chi connectivity index (χ4n) is 3.15. The van der Waals surface area contributed by atoms with Crippen molar-refractivity contribution in [3.05, 3.63) is 52.4 Å². The molecule has 1 N–H and O–H groups in total. The molecule has 1 aliphatic heterocycles. The number of aromatic nitrogens is 3. The molecule has 0 aliphatic carbocycles. The van der Waals surface area contributed by atoms with Gasteiger partial charge in [0.2, 0.25) is 11.9 Å². The van der Waals surface area contributed by atoms with Gasteiger partial charge in [0.15, 0.2) is 5.16 Å². The highest BCUT2D eigenvalue weighted by atomic mass is 35.5. The number of thioether (sulfide) groups is 1. The van der Waals surface area contributed by atoms with Crippen LogP contribution in [0.1, 0.15) is 18.6 Å². The minimum Gasteiger partial charge on any atom is -0.467 e. The van der Waals surface area contributed by atoms with E-state index in [1.807, 2.05) is 16.7 Å². The van der Waals surface area contributed by atoms with Crippen molar-refractivity contribution in [2.75, 3.05) is 29.1 Å². The average Bonchev–Trinajstić information content (AvgIpc) is 3.46. The third-order valence-corrected chi connectivity index (χ3v) is 6.32. The van der Waals surface area contributed by atoms with Gasteiger partial charge in [-0.3, -0.25) is 9.36 Å². The molecular formula is C19H19Cl2N5O2S. The van der Waals surface area contributed by atoms with E-state index >= 15 is 0 Å². The monoisotopic (exact) mass is 451 g/mol. The van der Waals surface area contributed by atoms with E-state index in [-0.39, 0.29) is 11.7 Å². The number of carbonyl (C=O) groups is 1. The highest BCUT2D eigenvalue weighted by Gasteiger charge is 2.22. The molecule has 0 saturated carbocycles. The predicted octanol–water partition coefficient (Wildman–Crippen LogP) is 4.56. The van der Waals surface area contributed by atoms with Gasteiger partial charge in [0.05, 0.1) is 34.3 Å². The van der Waals surface area contributed by atoms with E-state index in [4.69, 9.17) is 27.6 Å². The zero-order valence-electron chi connectivity index (χ0n) is 15.5. The van der Waals surface area contributed by atoms with E-state index in [2.05, 4.69) is 20.4 Å². The topological polar surface area (TPSA) is 76.2 Å². The van der Waals surface area contributed by atoms with Gasteiger partial charge in [0, 0.05) is 13.1 Å². The molecule has 3 heterocycles. The Kier molecular flexibility index (Phi) is 6.32. The van der Waals surface area contributed by atoms with Crippen molar-refractivity contribution in [1.82, 2.24) is 14.8 Å². The van der Waals surface area contributed by atoms with Crippen LogP contribution in [0.3, 0.4) is 0 Å². The van der Waals surface area contributed by atoms with Crippen LogP contribution < -0.4 is 10.2 Å². The van der Waals surface area contributed by atoms with Crippen molar-refractivity contribution in [1.29, 1.82) is 0 Å². The van der Waals surface area contributed by atoms with Crippen LogP contribution in [0.5, 0.6) is 0 Å². The van der Waals surface area contributed by atoms with E-state index in [1.54, 1.807) is 24.5 Å². The molecule has 3 aromatic rings. The van der Waals surface area contributed by atoms with Crippen molar-refractivity contribution in [3.8, 4) is 0 Å². The Labute approximate surface area is 182 Å². The van der Waals surface area contributed by atoms with Crippen molar-refractivity contribution >= 4 is 52.5 Å². The molecule has 0 unspecified atom stereocenters. The lowest BCUT2D eigenvalue weighted by Crippen LogP contribution is -2.23. The zero-order chi connectivity index (χ0) is 20.2. The van der Waals surface area contributed by atoms with E-state index in [1.165, 1.54) is 11.8 Å². The molecular weight excluding hydrogens is 433 g/mol. The van der Waals surface area contributed by atoms with Gasteiger partial charge in [-0.25, -0.2) is 0 Å². The number of benzene rings is 1.